The van der Waals surface area contributed by atoms with Gasteiger partial charge in [0.2, 0.25) is 5.91 Å². The van der Waals surface area contributed by atoms with E-state index in [1.807, 2.05) is 0 Å². The van der Waals surface area contributed by atoms with E-state index in [9.17, 15) is 27.9 Å². The van der Waals surface area contributed by atoms with Crippen LogP contribution < -0.4 is 10.9 Å². The summed E-state index contributed by atoms with van der Waals surface area (Å²) >= 11 is 0. The van der Waals surface area contributed by atoms with Gasteiger partial charge in [0.05, 0.1) is 24.1 Å². The van der Waals surface area contributed by atoms with E-state index >= 15 is 0 Å². The highest BCUT2D eigenvalue weighted by Crippen LogP contribution is 2.24. The maximum absolute atomic E-state index is 13.0. The Hall–Kier alpha value is -3.23. The molecule has 41 heavy (non-hydrogen) atoms. The molecule has 2 heterocycles. The van der Waals surface area contributed by atoms with E-state index in [2.05, 4.69) is 15.2 Å². The molecule has 1 aromatic heterocycles. The molecule has 2 amide bonds. The zero-order valence-corrected chi connectivity index (χ0v) is 25.4. The monoisotopic (exact) mass is 595 g/mol. The molecule has 0 aliphatic carbocycles. The van der Waals surface area contributed by atoms with E-state index in [4.69, 9.17) is 9.15 Å². The van der Waals surface area contributed by atoms with Crippen molar-refractivity contribution in [1.29, 1.82) is 0 Å². The van der Waals surface area contributed by atoms with Gasteiger partial charge < -0.3 is 24.5 Å². The number of morpholine rings is 1. The SMILES string of the molecule is Cc1c(CN(C(=O)O)C(C)(C)C)ccc2nc(NCCC(C(=O)N(C)CCN3CCOCC3)S(C)(=O)=O)oc(=O)c12. The molecule has 0 radical (unpaired) electrons. The number of rotatable bonds is 11. The lowest BCUT2D eigenvalue weighted by molar-refractivity contribution is -0.129. The summed E-state index contributed by atoms with van der Waals surface area (Å²) in [6.45, 7) is 11.0. The minimum absolute atomic E-state index is 0.0262. The van der Waals surface area contributed by atoms with Gasteiger partial charge in [-0.25, -0.2) is 18.0 Å². The van der Waals surface area contributed by atoms with Gasteiger partial charge in [-0.2, -0.15) is 4.98 Å². The number of nitrogens with one attached hydrogen (secondary N) is 1. The lowest BCUT2D eigenvalue weighted by Crippen LogP contribution is -2.46. The van der Waals surface area contributed by atoms with Crippen molar-refractivity contribution >= 4 is 38.8 Å². The maximum Gasteiger partial charge on any atom is 0.408 e. The van der Waals surface area contributed by atoms with Crippen molar-refractivity contribution in [2.75, 3.05) is 64.6 Å². The van der Waals surface area contributed by atoms with Crippen LogP contribution in [0.5, 0.6) is 0 Å². The maximum atomic E-state index is 13.0. The Balaban J connectivity index is 1.70. The van der Waals surface area contributed by atoms with Gasteiger partial charge >= 0.3 is 11.7 Å². The van der Waals surface area contributed by atoms with Gasteiger partial charge in [-0.05, 0) is 51.3 Å². The van der Waals surface area contributed by atoms with Crippen molar-refractivity contribution in [3.8, 4) is 0 Å². The average Bonchev–Trinajstić information content (AvgIpc) is 2.87. The predicted molar refractivity (Wildman–Crippen MR) is 155 cm³/mol. The molecule has 0 spiro atoms. The third kappa shape index (κ3) is 8.39. The van der Waals surface area contributed by atoms with Crippen LogP contribution in [0.3, 0.4) is 0 Å². The number of hydrogen-bond acceptors (Lipinski definition) is 10. The lowest BCUT2D eigenvalue weighted by Gasteiger charge is -2.33. The molecule has 228 valence electrons. The normalized spacial score (nSPS) is 15.5. The van der Waals surface area contributed by atoms with Gasteiger partial charge in [0.1, 0.15) is 5.25 Å². The fourth-order valence-corrected chi connectivity index (χ4v) is 5.77. The predicted octanol–water partition coefficient (Wildman–Crippen LogP) is 1.78. The molecule has 1 aliphatic heterocycles. The number of nitrogens with zero attached hydrogens (tertiary/aromatic N) is 4. The van der Waals surface area contributed by atoms with Crippen LogP contribution >= 0.6 is 0 Å². The van der Waals surface area contributed by atoms with Gasteiger partial charge in [-0.15, -0.1) is 0 Å². The molecule has 2 N–H and O–H groups in total. The second kappa shape index (κ2) is 13.2. The van der Waals surface area contributed by atoms with Crippen LogP contribution in [0.25, 0.3) is 10.9 Å². The number of anilines is 1. The fraction of sp³-hybridized carbons (Fsp3) is 0.630. The molecule has 14 heteroatoms. The summed E-state index contributed by atoms with van der Waals surface area (Å²) in [7, 11) is -2.12. The van der Waals surface area contributed by atoms with Crippen molar-refractivity contribution < 1.29 is 32.3 Å². The van der Waals surface area contributed by atoms with Crippen molar-refractivity contribution in [3.05, 3.63) is 33.7 Å². The van der Waals surface area contributed by atoms with E-state index in [-0.39, 0.29) is 30.9 Å². The summed E-state index contributed by atoms with van der Waals surface area (Å²) in [5.41, 5.74) is 0.256. The number of hydrogen-bond donors (Lipinski definition) is 2. The molecular formula is C27H41N5O8S. The minimum atomic E-state index is -3.71. The molecule has 0 saturated carbocycles. The van der Waals surface area contributed by atoms with Gasteiger partial charge in [0.15, 0.2) is 9.84 Å². The number of carbonyl (C=O) groups is 2. The smallest absolute Gasteiger partial charge is 0.408 e. The average molecular weight is 596 g/mol. The topological polar surface area (TPSA) is 163 Å². The van der Waals surface area contributed by atoms with Crippen LogP contribution in [0.2, 0.25) is 0 Å². The Morgan fingerprint density at radius 1 is 1.22 bits per heavy atom. The minimum Gasteiger partial charge on any atom is -0.465 e. The third-order valence-corrected chi connectivity index (χ3v) is 8.72. The van der Waals surface area contributed by atoms with Gasteiger partial charge in [-0.1, -0.05) is 6.07 Å². The van der Waals surface area contributed by atoms with E-state index in [0.29, 0.717) is 42.9 Å². The fourth-order valence-electron chi connectivity index (χ4n) is 4.67. The largest absolute Gasteiger partial charge is 0.465 e. The van der Waals surface area contributed by atoms with Crippen LogP contribution in [0.4, 0.5) is 10.8 Å². The number of carbonyl (C=O) groups excluding carboxylic acids is 1. The summed E-state index contributed by atoms with van der Waals surface area (Å²) in [6.07, 6.45) is -0.0831. The first-order valence-corrected chi connectivity index (χ1v) is 15.5. The molecule has 1 atom stereocenters. The molecular weight excluding hydrogens is 554 g/mol. The van der Waals surface area contributed by atoms with Crippen LogP contribution in [0.15, 0.2) is 21.3 Å². The molecule has 1 aromatic carbocycles. The molecule has 13 nitrogen and oxygen atoms in total. The number of likely N-dealkylation sites (N-methyl/N-ethyl adjacent to an activating group) is 1. The number of sulfone groups is 1. The Labute approximate surface area is 240 Å². The standard InChI is InChI=1S/C27H41N5O8S/c1-18-19(17-32(26(35)36)27(2,3)4)7-8-20-22(18)24(34)40-25(29-20)28-10-9-21(41(6,37)38)23(33)30(5)11-12-31-13-15-39-16-14-31/h7-8,21H,9-17H2,1-6H3,(H,28,29)(H,35,36). The van der Waals surface area contributed by atoms with E-state index < -0.39 is 38.3 Å². The number of ether oxygens (including phenoxy) is 1. The molecule has 1 aliphatic rings. The summed E-state index contributed by atoms with van der Waals surface area (Å²) in [5, 5.41) is 11.5. The van der Waals surface area contributed by atoms with Crippen LogP contribution in [0, 0.1) is 6.92 Å². The molecule has 1 unspecified atom stereocenters. The molecule has 1 fully saturated rings. The third-order valence-electron chi connectivity index (χ3n) is 7.25. The molecule has 1 saturated heterocycles. The number of benzene rings is 1. The van der Waals surface area contributed by atoms with Crippen molar-refractivity contribution in [1.82, 2.24) is 19.7 Å². The van der Waals surface area contributed by atoms with Gasteiger partial charge in [0.25, 0.3) is 6.01 Å². The first-order chi connectivity index (χ1) is 19.1. The van der Waals surface area contributed by atoms with Crippen LogP contribution in [-0.4, -0.2) is 115 Å². The number of aromatic nitrogens is 1. The number of carboxylic acid groups (broad SMARTS) is 1. The number of fused-ring (bicyclic) bond motifs is 1. The number of aryl methyl sites for hydroxylation is 1. The second-order valence-corrected chi connectivity index (χ2v) is 13.6. The van der Waals surface area contributed by atoms with Gasteiger partial charge in [0, 0.05) is 58.1 Å². The summed E-state index contributed by atoms with van der Waals surface area (Å²) in [5.74, 6) is -0.496. The highest BCUT2D eigenvalue weighted by atomic mass is 32.2. The van der Waals surface area contributed by atoms with E-state index in [1.165, 1.54) is 9.80 Å². The van der Waals surface area contributed by atoms with Crippen LogP contribution in [-0.2, 0) is 25.9 Å². The highest BCUT2D eigenvalue weighted by molar-refractivity contribution is 7.92. The zero-order chi connectivity index (χ0) is 30.5. The molecule has 3 rings (SSSR count). The van der Waals surface area contributed by atoms with Crippen LogP contribution in [0.1, 0.15) is 38.3 Å². The highest BCUT2D eigenvalue weighted by Gasteiger charge is 2.31. The summed E-state index contributed by atoms with van der Waals surface area (Å²) in [6, 6.07) is 3.24. The number of amides is 2. The summed E-state index contributed by atoms with van der Waals surface area (Å²) in [4.78, 5) is 46.9. The Morgan fingerprint density at radius 3 is 2.46 bits per heavy atom. The van der Waals surface area contributed by atoms with E-state index in [1.54, 1.807) is 46.9 Å². The Kier molecular flexibility index (Phi) is 10.4. The quantitative estimate of drug-likeness (QED) is 0.389. The molecule has 2 aromatic rings. The second-order valence-electron chi connectivity index (χ2n) is 11.3. The Morgan fingerprint density at radius 2 is 1.88 bits per heavy atom. The summed E-state index contributed by atoms with van der Waals surface area (Å²) < 4.78 is 35.6. The lowest BCUT2D eigenvalue weighted by atomic mass is 10.0. The van der Waals surface area contributed by atoms with Crippen molar-refractivity contribution in [3.63, 3.8) is 0 Å². The van der Waals surface area contributed by atoms with Gasteiger partial charge in [-0.3, -0.25) is 14.6 Å². The first-order valence-electron chi connectivity index (χ1n) is 13.5. The van der Waals surface area contributed by atoms with Crippen molar-refractivity contribution in [2.45, 2.75) is 51.4 Å². The zero-order valence-electron chi connectivity index (χ0n) is 24.6. The van der Waals surface area contributed by atoms with E-state index in [0.717, 1.165) is 19.3 Å². The van der Waals surface area contributed by atoms with Crippen molar-refractivity contribution in [2.24, 2.45) is 0 Å². The molecule has 0 bridgehead atoms. The Bertz CT molecular complexity index is 1410. The first kappa shape index (κ1) is 32.3.